The number of anilines is 1. The lowest BCUT2D eigenvalue weighted by molar-refractivity contribution is 0.0981. The van der Waals surface area contributed by atoms with E-state index >= 15 is 0 Å². The van der Waals surface area contributed by atoms with E-state index in [4.69, 9.17) is 9.47 Å². The first-order chi connectivity index (χ1) is 13.7. The monoisotopic (exact) mass is 376 g/mol. The predicted octanol–water partition coefficient (Wildman–Crippen LogP) is 4.48. The van der Waals surface area contributed by atoms with Crippen molar-refractivity contribution < 1.29 is 14.3 Å². The summed E-state index contributed by atoms with van der Waals surface area (Å²) in [6, 6.07) is 12.1. The number of rotatable bonds is 3. The molecule has 0 saturated carbocycles. The lowest BCUT2D eigenvalue weighted by Crippen LogP contribution is -2.35. The van der Waals surface area contributed by atoms with Gasteiger partial charge in [-0.05, 0) is 50.5 Å². The van der Waals surface area contributed by atoms with Crippen LogP contribution in [-0.2, 0) is 12.8 Å². The van der Waals surface area contributed by atoms with Gasteiger partial charge in [0.25, 0.3) is 5.91 Å². The van der Waals surface area contributed by atoms with Crippen molar-refractivity contribution in [3.8, 4) is 11.5 Å². The number of hydrogen-bond acceptors (Lipinski definition) is 3. The highest BCUT2D eigenvalue weighted by Gasteiger charge is 2.28. The van der Waals surface area contributed by atoms with E-state index in [0.29, 0.717) is 12.3 Å². The van der Waals surface area contributed by atoms with Crippen LogP contribution < -0.4 is 14.4 Å². The maximum atomic E-state index is 13.4. The van der Waals surface area contributed by atoms with Gasteiger partial charge in [-0.25, -0.2) is 0 Å². The van der Waals surface area contributed by atoms with Gasteiger partial charge in [0.15, 0.2) is 0 Å². The number of fused-ring (bicyclic) bond motifs is 4. The predicted molar refractivity (Wildman–Crippen MR) is 110 cm³/mol. The normalized spacial score (nSPS) is 17.9. The Bertz CT molecular complexity index is 1070. The molecular weight excluding hydrogens is 352 g/mol. The molecule has 0 bridgehead atoms. The van der Waals surface area contributed by atoms with Crippen LogP contribution in [0.4, 0.5) is 5.69 Å². The summed E-state index contributed by atoms with van der Waals surface area (Å²) in [7, 11) is 0. The number of aromatic nitrogens is 1. The summed E-state index contributed by atoms with van der Waals surface area (Å²) in [5, 5.41) is 0.906. The lowest BCUT2D eigenvalue weighted by Gasteiger charge is -2.29. The molecule has 144 valence electrons. The molecule has 0 spiro atoms. The molecule has 2 aliphatic heterocycles. The summed E-state index contributed by atoms with van der Waals surface area (Å²) >= 11 is 0. The smallest absolute Gasteiger partial charge is 0.274 e. The maximum Gasteiger partial charge on any atom is 0.274 e. The van der Waals surface area contributed by atoms with Gasteiger partial charge in [0.1, 0.15) is 23.3 Å². The number of carbonyl (C=O) groups is 1. The second-order valence-corrected chi connectivity index (χ2v) is 7.59. The van der Waals surface area contributed by atoms with E-state index in [1.807, 2.05) is 36.1 Å². The number of nitrogens with one attached hydrogen (secondary N) is 1. The van der Waals surface area contributed by atoms with Crippen LogP contribution in [0.25, 0.3) is 10.9 Å². The van der Waals surface area contributed by atoms with Gasteiger partial charge < -0.3 is 19.4 Å². The molecule has 5 rings (SSSR count). The van der Waals surface area contributed by atoms with Crippen LogP contribution in [0, 0.1) is 0 Å². The fourth-order valence-electron chi connectivity index (χ4n) is 4.41. The van der Waals surface area contributed by atoms with Gasteiger partial charge in [0.05, 0.1) is 12.1 Å². The Hall–Kier alpha value is -2.95. The summed E-state index contributed by atoms with van der Waals surface area (Å²) in [5.74, 6) is 1.65. The van der Waals surface area contributed by atoms with Gasteiger partial charge in [0, 0.05) is 29.6 Å². The van der Waals surface area contributed by atoms with Gasteiger partial charge in [-0.3, -0.25) is 4.79 Å². The number of H-pyrrole nitrogens is 1. The zero-order chi connectivity index (χ0) is 19.3. The van der Waals surface area contributed by atoms with E-state index in [2.05, 4.69) is 24.0 Å². The Morgan fingerprint density at radius 3 is 3.00 bits per heavy atom. The van der Waals surface area contributed by atoms with E-state index < -0.39 is 0 Å². The molecule has 1 N–H and O–H groups in total. The molecule has 28 heavy (non-hydrogen) atoms. The van der Waals surface area contributed by atoms with E-state index in [9.17, 15) is 4.79 Å². The third-order valence-electron chi connectivity index (χ3n) is 5.62. The molecule has 1 amide bonds. The van der Waals surface area contributed by atoms with Crippen LogP contribution >= 0.6 is 0 Å². The molecule has 0 saturated heterocycles. The first-order valence-electron chi connectivity index (χ1n) is 10.0. The van der Waals surface area contributed by atoms with Gasteiger partial charge in [-0.1, -0.05) is 18.2 Å². The first-order valence-corrected chi connectivity index (χ1v) is 10.0. The van der Waals surface area contributed by atoms with Crippen molar-refractivity contribution in [2.75, 3.05) is 18.1 Å². The third-order valence-corrected chi connectivity index (χ3v) is 5.62. The Labute approximate surface area is 164 Å². The van der Waals surface area contributed by atoms with Crippen LogP contribution in [0.3, 0.4) is 0 Å². The molecule has 2 aromatic carbocycles. The van der Waals surface area contributed by atoms with Gasteiger partial charge >= 0.3 is 0 Å². The first kappa shape index (κ1) is 17.2. The van der Waals surface area contributed by atoms with Crippen LogP contribution in [-0.4, -0.2) is 30.1 Å². The van der Waals surface area contributed by atoms with E-state index in [1.54, 1.807) is 0 Å². The standard InChI is InChI=1S/C23H24N2O3/c1-3-27-20-12-16-11-14(2)28-22(16)21-17(20)13-18(24-21)23(26)25-10-6-8-15-7-4-5-9-19(15)25/h4-5,7,9,12-14,24H,3,6,8,10-11H2,1-2H3/t14-/m0/s1. The van der Waals surface area contributed by atoms with Crippen molar-refractivity contribution in [2.24, 2.45) is 0 Å². The Morgan fingerprint density at radius 2 is 2.14 bits per heavy atom. The molecule has 1 aromatic heterocycles. The van der Waals surface area contributed by atoms with E-state index in [-0.39, 0.29) is 12.0 Å². The molecule has 0 fully saturated rings. The van der Waals surface area contributed by atoms with Gasteiger partial charge in [-0.2, -0.15) is 0 Å². The number of aryl methyl sites for hydroxylation is 1. The zero-order valence-corrected chi connectivity index (χ0v) is 16.2. The number of nitrogens with zero attached hydrogens (tertiary/aromatic N) is 1. The Balaban J connectivity index is 1.60. The highest BCUT2D eigenvalue weighted by Crippen LogP contribution is 2.42. The number of aromatic amines is 1. The lowest BCUT2D eigenvalue weighted by atomic mass is 10.0. The SMILES string of the molecule is CCOc1cc2c(c3[nH]c(C(=O)N4CCCc5ccccc54)cc13)O[C@@H](C)C2. The quantitative estimate of drug-likeness (QED) is 0.733. The molecule has 3 aromatic rings. The van der Waals surface area contributed by atoms with Crippen molar-refractivity contribution in [1.82, 2.24) is 4.98 Å². The summed E-state index contributed by atoms with van der Waals surface area (Å²) in [4.78, 5) is 18.6. The minimum atomic E-state index is -0.00871. The molecule has 3 heterocycles. The maximum absolute atomic E-state index is 13.4. The van der Waals surface area contributed by atoms with Crippen molar-refractivity contribution in [2.45, 2.75) is 39.2 Å². The largest absolute Gasteiger partial charge is 0.493 e. The number of para-hydroxylation sites is 1. The zero-order valence-electron chi connectivity index (χ0n) is 16.2. The number of ether oxygens (including phenoxy) is 2. The third kappa shape index (κ3) is 2.65. The average molecular weight is 376 g/mol. The second kappa shape index (κ2) is 6.59. The molecular formula is C23H24N2O3. The van der Waals surface area contributed by atoms with Crippen LogP contribution in [0.2, 0.25) is 0 Å². The fourth-order valence-corrected chi connectivity index (χ4v) is 4.41. The number of benzene rings is 2. The van der Waals surface area contributed by atoms with Crippen LogP contribution in [0.15, 0.2) is 36.4 Å². The molecule has 0 radical (unpaired) electrons. The minimum absolute atomic E-state index is 0.00871. The topological polar surface area (TPSA) is 54.6 Å². The molecule has 0 aliphatic carbocycles. The Morgan fingerprint density at radius 1 is 1.29 bits per heavy atom. The molecule has 2 aliphatic rings. The van der Waals surface area contributed by atoms with Crippen molar-refractivity contribution >= 4 is 22.5 Å². The van der Waals surface area contributed by atoms with Crippen molar-refractivity contribution in [3.05, 3.63) is 53.2 Å². The highest BCUT2D eigenvalue weighted by molar-refractivity contribution is 6.09. The van der Waals surface area contributed by atoms with Gasteiger partial charge in [-0.15, -0.1) is 0 Å². The van der Waals surface area contributed by atoms with Crippen LogP contribution in [0.5, 0.6) is 11.5 Å². The van der Waals surface area contributed by atoms with E-state index in [0.717, 1.165) is 59.5 Å². The second-order valence-electron chi connectivity index (χ2n) is 7.59. The number of carbonyl (C=O) groups excluding carboxylic acids is 1. The van der Waals surface area contributed by atoms with E-state index in [1.165, 1.54) is 5.56 Å². The van der Waals surface area contributed by atoms with Gasteiger partial charge in [0.2, 0.25) is 0 Å². The highest BCUT2D eigenvalue weighted by atomic mass is 16.5. The van der Waals surface area contributed by atoms with Crippen LogP contribution in [0.1, 0.15) is 41.9 Å². The van der Waals surface area contributed by atoms with Crippen molar-refractivity contribution in [3.63, 3.8) is 0 Å². The Kier molecular flexibility index (Phi) is 4.04. The molecule has 0 unspecified atom stereocenters. The summed E-state index contributed by atoms with van der Waals surface area (Å²) < 4.78 is 11.9. The number of amides is 1. The van der Waals surface area contributed by atoms with Crippen molar-refractivity contribution in [1.29, 1.82) is 0 Å². The minimum Gasteiger partial charge on any atom is -0.493 e. The fraction of sp³-hybridized carbons (Fsp3) is 0.348. The molecule has 5 nitrogen and oxygen atoms in total. The molecule has 5 heteroatoms. The summed E-state index contributed by atoms with van der Waals surface area (Å²) in [6.07, 6.45) is 2.97. The summed E-state index contributed by atoms with van der Waals surface area (Å²) in [5.41, 5.74) is 4.81. The molecule has 1 atom stereocenters. The average Bonchev–Trinajstić information content (AvgIpc) is 3.30. The number of hydrogen-bond donors (Lipinski definition) is 1. The summed E-state index contributed by atoms with van der Waals surface area (Å²) in [6.45, 7) is 5.35.